The zero-order chi connectivity index (χ0) is 23.3. The highest BCUT2D eigenvalue weighted by atomic mass is 16.3. The van der Waals surface area contributed by atoms with E-state index in [0.29, 0.717) is 12.0 Å². The van der Waals surface area contributed by atoms with Crippen LogP contribution in [-0.4, -0.2) is 23.1 Å². The minimum Gasteiger partial charge on any atom is -0.508 e. The molecule has 0 aromatic heterocycles. The van der Waals surface area contributed by atoms with Crippen LogP contribution >= 0.6 is 0 Å². The van der Waals surface area contributed by atoms with Gasteiger partial charge in [-0.1, -0.05) is 71.1 Å². The minimum absolute atomic E-state index is 0.218. The minimum atomic E-state index is -0.233. The summed E-state index contributed by atoms with van der Waals surface area (Å²) in [6, 6.07) is 6.35. The Kier molecular flexibility index (Phi) is 12.1. The molecule has 1 aromatic rings. The summed E-state index contributed by atoms with van der Waals surface area (Å²) in [5, 5.41) is 17.9. The fourth-order valence-electron chi connectivity index (χ4n) is 5.74. The van der Waals surface area contributed by atoms with Gasteiger partial charge in [-0.15, -0.1) is 0 Å². The van der Waals surface area contributed by atoms with E-state index in [-0.39, 0.29) is 12.2 Å². The van der Waals surface area contributed by atoms with Gasteiger partial charge < -0.3 is 10.2 Å². The van der Waals surface area contributed by atoms with Crippen molar-refractivity contribution in [3.8, 4) is 5.75 Å². The van der Waals surface area contributed by atoms with Gasteiger partial charge >= 0.3 is 0 Å². The van der Waals surface area contributed by atoms with Crippen LogP contribution in [0.4, 0.5) is 0 Å². The fourth-order valence-corrected chi connectivity index (χ4v) is 5.74. The number of aliphatic hydroxyl groups is 1. The molecule has 32 heavy (non-hydrogen) atoms. The van der Waals surface area contributed by atoms with Crippen molar-refractivity contribution >= 4 is 6.29 Å². The van der Waals surface area contributed by atoms with Gasteiger partial charge in [0, 0.05) is 5.57 Å². The summed E-state index contributed by atoms with van der Waals surface area (Å²) >= 11 is 0. The molecule has 2 aliphatic rings. The van der Waals surface area contributed by atoms with Gasteiger partial charge in [-0.2, -0.15) is 0 Å². The smallest absolute Gasteiger partial charge is 0.147 e. The zero-order valence-corrected chi connectivity index (χ0v) is 20.5. The number of aryl methyl sites for hydroxylation is 1. The predicted octanol–water partition coefficient (Wildman–Crippen LogP) is 7.35. The monoisotopic (exact) mass is 442 g/mol. The third-order valence-electron chi connectivity index (χ3n) is 7.87. The lowest BCUT2D eigenvalue weighted by Crippen LogP contribution is -2.25. The molecule has 0 saturated heterocycles. The lowest BCUT2D eigenvalue weighted by molar-refractivity contribution is -0.105. The summed E-state index contributed by atoms with van der Waals surface area (Å²) in [7, 11) is 0. The first-order valence-electron chi connectivity index (χ1n) is 13.1. The summed E-state index contributed by atoms with van der Waals surface area (Å²) in [5.41, 5.74) is 2.80. The average Bonchev–Trinajstić information content (AvgIpc) is 2.85. The molecule has 0 radical (unpaired) electrons. The maximum absolute atomic E-state index is 9.93. The molecule has 2 saturated carbocycles. The Morgan fingerprint density at radius 1 is 1.00 bits per heavy atom. The fraction of sp³-hybridized carbons (Fsp3) is 0.690. The second kappa shape index (κ2) is 14.5. The number of benzene rings is 1. The Hall–Kier alpha value is -1.61. The molecule has 0 unspecified atom stereocenters. The first-order chi connectivity index (χ1) is 15.5. The van der Waals surface area contributed by atoms with E-state index in [9.17, 15) is 9.90 Å². The number of aldehydes is 1. The molecule has 2 fully saturated rings. The molecule has 0 amide bonds. The average molecular weight is 443 g/mol. The van der Waals surface area contributed by atoms with Gasteiger partial charge in [0.15, 0.2) is 0 Å². The van der Waals surface area contributed by atoms with Crippen LogP contribution in [0.5, 0.6) is 5.75 Å². The van der Waals surface area contributed by atoms with Gasteiger partial charge in [-0.25, -0.2) is 0 Å². The standard InChI is InChI=1S/C25H40O.C4H6O2/c1-3-5-6-7-19-8-10-21(11-9-19)22-12-14-23(15-13-22)24-16-17-25(26)20(4-2)18-24;1-4(2-5)3-6/h16-19,21-23,26H,3-15H2,1-2H3;2,6H,1,3H2. The molecular formula is C29H46O3. The Bertz CT molecular complexity index is 680. The largest absolute Gasteiger partial charge is 0.508 e. The van der Waals surface area contributed by atoms with Crippen LogP contribution in [0.2, 0.25) is 0 Å². The lowest BCUT2D eigenvalue weighted by atomic mass is 9.68. The summed E-state index contributed by atoms with van der Waals surface area (Å²) in [5.74, 6) is 4.25. The van der Waals surface area contributed by atoms with E-state index in [2.05, 4.69) is 32.6 Å². The SMILES string of the molecule is C=C(C=O)CO.CCCCCC1CCC(C2CCC(c3ccc(O)c(CC)c3)CC2)CC1. The van der Waals surface area contributed by atoms with Crippen LogP contribution in [0.1, 0.15) is 108 Å². The number of carbonyl (C=O) groups excluding carboxylic acids is 1. The lowest BCUT2D eigenvalue weighted by Gasteiger charge is -2.38. The highest BCUT2D eigenvalue weighted by Gasteiger charge is 2.31. The molecule has 0 heterocycles. The third kappa shape index (κ3) is 8.39. The van der Waals surface area contributed by atoms with Crippen molar-refractivity contribution in [1.29, 1.82) is 0 Å². The highest BCUT2D eigenvalue weighted by Crippen LogP contribution is 2.44. The topological polar surface area (TPSA) is 57.5 Å². The number of phenols is 1. The zero-order valence-electron chi connectivity index (χ0n) is 20.5. The second-order valence-corrected chi connectivity index (χ2v) is 10.1. The van der Waals surface area contributed by atoms with Gasteiger partial charge in [0.1, 0.15) is 12.0 Å². The van der Waals surface area contributed by atoms with Crippen LogP contribution < -0.4 is 0 Å². The van der Waals surface area contributed by atoms with Gasteiger partial charge in [0.25, 0.3) is 0 Å². The van der Waals surface area contributed by atoms with Crippen molar-refractivity contribution < 1.29 is 15.0 Å². The number of rotatable bonds is 9. The Balaban J connectivity index is 0.000000534. The van der Waals surface area contributed by atoms with E-state index in [1.807, 2.05) is 6.07 Å². The Labute approximate surface area is 196 Å². The maximum atomic E-state index is 9.93. The Morgan fingerprint density at radius 3 is 2.12 bits per heavy atom. The van der Waals surface area contributed by atoms with Crippen LogP contribution in [0, 0.1) is 17.8 Å². The van der Waals surface area contributed by atoms with E-state index in [0.717, 1.165) is 35.7 Å². The number of carbonyl (C=O) groups is 1. The molecular weight excluding hydrogens is 396 g/mol. The molecule has 0 spiro atoms. The molecule has 1 aromatic carbocycles. The first-order valence-corrected chi connectivity index (χ1v) is 13.1. The number of hydrogen-bond acceptors (Lipinski definition) is 3. The third-order valence-corrected chi connectivity index (χ3v) is 7.87. The number of hydrogen-bond donors (Lipinski definition) is 2. The molecule has 0 atom stereocenters. The van der Waals surface area contributed by atoms with Crippen LogP contribution in [0.15, 0.2) is 30.4 Å². The van der Waals surface area contributed by atoms with E-state index < -0.39 is 0 Å². The summed E-state index contributed by atoms with van der Waals surface area (Å²) in [6.45, 7) is 7.39. The molecule has 3 heteroatoms. The van der Waals surface area contributed by atoms with Crippen LogP contribution in [-0.2, 0) is 11.2 Å². The van der Waals surface area contributed by atoms with E-state index in [4.69, 9.17) is 5.11 Å². The molecule has 3 nitrogen and oxygen atoms in total. The number of unbranched alkanes of at least 4 members (excludes halogenated alkanes) is 2. The molecule has 180 valence electrons. The van der Waals surface area contributed by atoms with E-state index >= 15 is 0 Å². The van der Waals surface area contributed by atoms with Crippen molar-refractivity contribution in [3.63, 3.8) is 0 Å². The molecule has 0 bridgehead atoms. The number of phenolic OH excluding ortho intramolecular Hbond substituents is 1. The highest BCUT2D eigenvalue weighted by molar-refractivity contribution is 5.72. The van der Waals surface area contributed by atoms with Crippen molar-refractivity contribution in [1.82, 2.24) is 0 Å². The Morgan fingerprint density at radius 2 is 1.62 bits per heavy atom. The van der Waals surface area contributed by atoms with Crippen molar-refractivity contribution in [2.24, 2.45) is 17.8 Å². The van der Waals surface area contributed by atoms with Crippen LogP contribution in [0.3, 0.4) is 0 Å². The molecule has 2 aliphatic carbocycles. The quantitative estimate of drug-likeness (QED) is 0.239. The van der Waals surface area contributed by atoms with Gasteiger partial charge in [-0.05, 0) is 85.8 Å². The first kappa shape index (κ1) is 26.6. The van der Waals surface area contributed by atoms with Gasteiger partial charge in [0.2, 0.25) is 0 Å². The van der Waals surface area contributed by atoms with E-state index in [1.54, 1.807) is 0 Å². The van der Waals surface area contributed by atoms with Gasteiger partial charge in [0.05, 0.1) is 6.61 Å². The van der Waals surface area contributed by atoms with Crippen molar-refractivity contribution in [2.75, 3.05) is 6.61 Å². The molecule has 2 N–H and O–H groups in total. The second-order valence-electron chi connectivity index (χ2n) is 10.1. The number of aliphatic hydroxyl groups excluding tert-OH is 1. The van der Waals surface area contributed by atoms with Crippen molar-refractivity contribution in [3.05, 3.63) is 41.5 Å². The maximum Gasteiger partial charge on any atom is 0.147 e. The summed E-state index contributed by atoms with van der Waals surface area (Å²) < 4.78 is 0. The van der Waals surface area contributed by atoms with Crippen LogP contribution in [0.25, 0.3) is 0 Å². The normalized spacial score (nSPS) is 25.5. The number of aromatic hydroxyl groups is 1. The van der Waals surface area contributed by atoms with Gasteiger partial charge in [-0.3, -0.25) is 4.79 Å². The molecule has 0 aliphatic heterocycles. The summed E-state index contributed by atoms with van der Waals surface area (Å²) in [4.78, 5) is 9.48. The van der Waals surface area contributed by atoms with Crippen molar-refractivity contribution in [2.45, 2.75) is 103 Å². The molecule has 3 rings (SSSR count). The summed E-state index contributed by atoms with van der Waals surface area (Å²) in [6.07, 6.45) is 18.8. The predicted molar refractivity (Wildman–Crippen MR) is 134 cm³/mol. The van der Waals surface area contributed by atoms with E-state index in [1.165, 1.54) is 82.6 Å².